The third-order valence-corrected chi connectivity index (χ3v) is 19.3. The highest BCUT2D eigenvalue weighted by atomic mass is 32.2. The number of aliphatic carboxylic acids is 1. The largest absolute Gasteiger partial charge is 0.481 e. The molecule has 298 valence electrons. The molecular formula is C44H70FN3O4S. The molecule has 6 aliphatic carbocycles. The van der Waals surface area contributed by atoms with Gasteiger partial charge in [-0.15, -0.1) is 0 Å². The molecule has 7 nitrogen and oxygen atoms in total. The monoisotopic (exact) mass is 756 g/mol. The molecule has 1 unspecified atom stereocenters. The second kappa shape index (κ2) is 13.5. The number of rotatable bonds is 9. The highest BCUT2D eigenvalue weighted by molar-refractivity contribution is 7.88. The Morgan fingerprint density at radius 2 is 1.64 bits per heavy atom. The number of nitrogens with one attached hydrogen (secondary N) is 1. The quantitative estimate of drug-likeness (QED) is 0.231. The van der Waals surface area contributed by atoms with Gasteiger partial charge in [0, 0.05) is 44.8 Å². The van der Waals surface area contributed by atoms with Gasteiger partial charge in [-0.25, -0.2) is 12.8 Å². The fourth-order valence-electron chi connectivity index (χ4n) is 14.9. The van der Waals surface area contributed by atoms with Gasteiger partial charge >= 0.3 is 5.97 Å². The molecule has 4 saturated carbocycles. The van der Waals surface area contributed by atoms with Gasteiger partial charge in [0.05, 0.1) is 11.7 Å². The summed E-state index contributed by atoms with van der Waals surface area (Å²) in [6, 6.07) is 0. The van der Waals surface area contributed by atoms with Gasteiger partial charge in [0.2, 0.25) is 10.0 Å². The molecule has 2 N–H and O–H groups in total. The van der Waals surface area contributed by atoms with Crippen molar-refractivity contribution < 1.29 is 22.7 Å². The van der Waals surface area contributed by atoms with E-state index in [0.717, 1.165) is 32.6 Å². The smallest absolute Gasteiger partial charge is 0.312 e. The molecule has 9 heteroatoms. The molecule has 0 bridgehead atoms. The molecule has 0 aromatic heterocycles. The zero-order chi connectivity index (χ0) is 38.4. The van der Waals surface area contributed by atoms with Crippen molar-refractivity contribution in [2.45, 2.75) is 124 Å². The van der Waals surface area contributed by atoms with Gasteiger partial charge in [-0.2, -0.15) is 4.31 Å². The first-order chi connectivity index (χ1) is 24.8. The summed E-state index contributed by atoms with van der Waals surface area (Å²) in [5.41, 5.74) is 3.61. The van der Waals surface area contributed by atoms with Crippen LogP contribution in [0, 0.1) is 56.7 Å². The first kappa shape index (κ1) is 39.7. The minimum atomic E-state index is -3.12. The van der Waals surface area contributed by atoms with Crippen molar-refractivity contribution in [1.29, 1.82) is 0 Å². The predicted molar refractivity (Wildman–Crippen MR) is 212 cm³/mol. The summed E-state index contributed by atoms with van der Waals surface area (Å²) in [4.78, 5) is 14.4. The van der Waals surface area contributed by atoms with Crippen molar-refractivity contribution in [2.24, 2.45) is 56.7 Å². The predicted octanol–water partition coefficient (Wildman–Crippen LogP) is 8.25. The normalized spacial score (nSPS) is 44.5. The highest BCUT2D eigenvalue weighted by Crippen LogP contribution is 2.76. The van der Waals surface area contributed by atoms with Crippen LogP contribution in [-0.4, -0.2) is 86.4 Å². The minimum absolute atomic E-state index is 0.0174. The maximum Gasteiger partial charge on any atom is 0.312 e. The number of alkyl halides is 1. The number of nitrogens with zero attached hydrogens (tertiary/aromatic N) is 2. The number of sulfonamides is 1. The summed E-state index contributed by atoms with van der Waals surface area (Å²) in [7, 11) is -3.12. The van der Waals surface area contributed by atoms with Crippen molar-refractivity contribution in [3.05, 3.63) is 35.5 Å². The Balaban J connectivity index is 1.11. The molecular weight excluding hydrogens is 686 g/mol. The molecule has 7 rings (SSSR count). The van der Waals surface area contributed by atoms with Crippen molar-refractivity contribution in [3.63, 3.8) is 0 Å². The molecule has 0 aromatic rings. The number of allylic oxidation sites excluding steroid dienone is 5. The zero-order valence-electron chi connectivity index (χ0n) is 34.0. The minimum Gasteiger partial charge on any atom is -0.481 e. The Morgan fingerprint density at radius 1 is 0.925 bits per heavy atom. The topological polar surface area (TPSA) is 90.0 Å². The lowest BCUT2D eigenvalue weighted by atomic mass is 9.33. The lowest BCUT2D eigenvalue weighted by Gasteiger charge is -2.72. The van der Waals surface area contributed by atoms with E-state index in [1.54, 1.807) is 4.31 Å². The van der Waals surface area contributed by atoms with Crippen LogP contribution in [0.2, 0.25) is 0 Å². The number of carboxylic acid groups (broad SMARTS) is 1. The van der Waals surface area contributed by atoms with Crippen LogP contribution in [0.1, 0.15) is 119 Å². The SMILES string of the molecule is C=C(C)[C@@H]1CC[C@]2(NCCN3CCN(S(C)(=O)=O)CC3)CC[C@]3(C)[C@H](CC[C@@H]4[C@@]5(C)CC=C(C6=CCC(CF)(C(=O)O)CC6)C(C)(C)[C@@H]5CC[C@]43C)[C@@H]12. The van der Waals surface area contributed by atoms with E-state index in [0.29, 0.717) is 55.5 Å². The first-order valence-electron chi connectivity index (χ1n) is 21.1. The second-order valence-electron chi connectivity index (χ2n) is 20.5. The van der Waals surface area contributed by atoms with E-state index < -0.39 is 28.1 Å². The van der Waals surface area contributed by atoms with Crippen LogP contribution in [0.5, 0.6) is 0 Å². The molecule has 0 amide bonds. The van der Waals surface area contributed by atoms with Crippen molar-refractivity contribution in [1.82, 2.24) is 14.5 Å². The lowest BCUT2D eigenvalue weighted by Crippen LogP contribution is -2.68. The maximum absolute atomic E-state index is 14.0. The van der Waals surface area contributed by atoms with Crippen LogP contribution in [0.4, 0.5) is 4.39 Å². The second-order valence-corrected chi connectivity index (χ2v) is 22.5. The highest BCUT2D eigenvalue weighted by Gasteiger charge is 2.70. The first-order valence-corrected chi connectivity index (χ1v) is 22.9. The Labute approximate surface area is 320 Å². The van der Waals surface area contributed by atoms with Crippen molar-refractivity contribution in [3.8, 4) is 0 Å². The zero-order valence-corrected chi connectivity index (χ0v) is 34.9. The number of fused-ring (bicyclic) bond motifs is 7. The van der Waals surface area contributed by atoms with Crippen LogP contribution in [0.25, 0.3) is 0 Å². The Morgan fingerprint density at radius 3 is 2.25 bits per heavy atom. The molecule has 5 fully saturated rings. The number of carbonyl (C=O) groups is 1. The standard InChI is InChI=1S/C44H70FN3O4S/c1-30(2)32-13-20-44(46-23-24-47-25-27-48(28-26-47)53(8,51)52)22-21-41(6)34(37(32)44)9-10-36-40(5)16-14-33(39(3,4)35(40)15-17-42(36,41)7)31-11-18-43(29-45,19-12-31)38(49)50/h11,14,32,34-37,46H,1,9-10,12-13,15-29H2,2-8H3,(H,49,50)/t32-,34+,35-,36+,37+,40-,41+,42+,43?,44-/m0/s1. The fraction of sp³-hybridized carbons (Fsp3) is 0.841. The lowest BCUT2D eigenvalue weighted by molar-refractivity contribution is -0.221. The fourth-order valence-corrected chi connectivity index (χ4v) is 15.7. The number of hydrogen-bond acceptors (Lipinski definition) is 5. The average molecular weight is 756 g/mol. The van der Waals surface area contributed by atoms with E-state index in [9.17, 15) is 22.7 Å². The van der Waals surface area contributed by atoms with E-state index in [-0.39, 0.29) is 33.6 Å². The molecule has 0 aromatic carbocycles. The number of carboxylic acids is 1. The van der Waals surface area contributed by atoms with Crippen molar-refractivity contribution in [2.75, 3.05) is 52.2 Å². The maximum atomic E-state index is 14.0. The van der Waals surface area contributed by atoms with Gasteiger partial charge in [0.1, 0.15) is 6.67 Å². The molecule has 7 aliphatic rings. The molecule has 0 radical (unpaired) electrons. The molecule has 0 spiro atoms. The van der Waals surface area contributed by atoms with Crippen molar-refractivity contribution >= 4 is 16.0 Å². The Kier molecular flexibility index (Phi) is 10.1. The average Bonchev–Trinajstić information content (AvgIpc) is 3.48. The van der Waals surface area contributed by atoms with Crippen LogP contribution in [-0.2, 0) is 14.8 Å². The number of hydrogen-bond donors (Lipinski definition) is 2. The molecule has 10 atom stereocenters. The van der Waals surface area contributed by atoms with Gasteiger partial charge in [0.15, 0.2) is 0 Å². The van der Waals surface area contributed by atoms with Gasteiger partial charge in [-0.05, 0) is 146 Å². The van der Waals surface area contributed by atoms with Gasteiger partial charge in [0.25, 0.3) is 0 Å². The molecule has 53 heavy (non-hydrogen) atoms. The summed E-state index contributed by atoms with van der Waals surface area (Å²) in [5.74, 6) is 2.01. The Bertz CT molecular complexity index is 1650. The molecule has 1 aliphatic heterocycles. The van der Waals surface area contributed by atoms with E-state index in [1.807, 2.05) is 0 Å². The third-order valence-electron chi connectivity index (χ3n) is 18.0. The summed E-state index contributed by atoms with van der Waals surface area (Å²) >= 11 is 0. The van der Waals surface area contributed by atoms with Crippen LogP contribution >= 0.6 is 0 Å². The van der Waals surface area contributed by atoms with Gasteiger partial charge < -0.3 is 10.4 Å². The summed E-state index contributed by atoms with van der Waals surface area (Å²) < 4.78 is 39.7. The number of piperazine rings is 1. The summed E-state index contributed by atoms with van der Waals surface area (Å²) in [5, 5.41) is 14.1. The summed E-state index contributed by atoms with van der Waals surface area (Å²) in [6.45, 7) is 23.7. The Hall–Kier alpha value is -1.55. The third kappa shape index (κ3) is 6.09. The van der Waals surface area contributed by atoms with Crippen LogP contribution < -0.4 is 5.32 Å². The molecule has 1 heterocycles. The van der Waals surface area contributed by atoms with Crippen LogP contribution in [0.3, 0.4) is 0 Å². The van der Waals surface area contributed by atoms with E-state index in [1.165, 1.54) is 74.3 Å². The van der Waals surface area contributed by atoms with Gasteiger partial charge in [-0.1, -0.05) is 58.9 Å². The molecule has 1 saturated heterocycles. The van der Waals surface area contributed by atoms with Crippen LogP contribution in [0.15, 0.2) is 35.5 Å². The van der Waals surface area contributed by atoms with E-state index in [2.05, 4.69) is 70.5 Å². The van der Waals surface area contributed by atoms with Gasteiger partial charge in [-0.3, -0.25) is 9.69 Å². The number of halogens is 1. The summed E-state index contributed by atoms with van der Waals surface area (Å²) in [6.07, 6.45) is 18.3. The van der Waals surface area contributed by atoms with E-state index in [4.69, 9.17) is 0 Å². The van der Waals surface area contributed by atoms with E-state index >= 15 is 0 Å².